The average Bonchev–Trinajstić information content (AvgIpc) is 3.05. The van der Waals surface area contributed by atoms with Crippen molar-refractivity contribution in [2.75, 3.05) is 13.2 Å². The van der Waals surface area contributed by atoms with Crippen LogP contribution in [0.15, 0.2) is 0 Å². The third-order valence-electron chi connectivity index (χ3n) is 9.30. The molecule has 0 aliphatic heterocycles. The number of unbranched alkanes of at least 4 members (excludes halogenated alkanes) is 28. The first-order valence-electron chi connectivity index (χ1n) is 20.4. The Labute approximate surface area is 286 Å². The van der Waals surface area contributed by atoms with Gasteiger partial charge in [-0.3, -0.25) is 14.4 Å². The summed E-state index contributed by atoms with van der Waals surface area (Å²) in [7, 11) is 0. The number of Topliss-reactive ketones (excluding diaryl/α,β-unsaturated/α-hetero) is 1. The quantitative estimate of drug-likeness (QED) is 0.0380. The van der Waals surface area contributed by atoms with Crippen molar-refractivity contribution < 1.29 is 23.9 Å². The molecule has 0 aliphatic rings. The highest BCUT2D eigenvalue weighted by molar-refractivity contribution is 6.14. The molecule has 272 valence electrons. The molecule has 0 fully saturated rings. The summed E-state index contributed by atoms with van der Waals surface area (Å²) in [6.45, 7) is 7.27. The van der Waals surface area contributed by atoms with Crippen molar-refractivity contribution in [2.24, 2.45) is 5.92 Å². The zero-order valence-corrected chi connectivity index (χ0v) is 31.2. The molecular weight excluding hydrogens is 572 g/mol. The molecule has 0 saturated carbocycles. The molecule has 0 amide bonds. The van der Waals surface area contributed by atoms with Gasteiger partial charge in [-0.2, -0.15) is 0 Å². The van der Waals surface area contributed by atoms with Gasteiger partial charge in [-0.15, -0.1) is 0 Å². The molecule has 0 saturated heterocycles. The molecular formula is C41H78O5. The first-order chi connectivity index (χ1) is 22.6. The van der Waals surface area contributed by atoms with E-state index in [0.29, 0.717) is 6.42 Å². The van der Waals surface area contributed by atoms with E-state index < -0.39 is 17.9 Å². The number of ketones is 1. The number of carbonyl (C=O) groups excluding carboxylic acids is 3. The van der Waals surface area contributed by atoms with Gasteiger partial charge in [0.1, 0.15) is 0 Å². The third kappa shape index (κ3) is 30.0. The zero-order valence-electron chi connectivity index (χ0n) is 31.2. The number of esters is 2. The minimum atomic E-state index is -1.42. The molecule has 0 bridgehead atoms. The minimum absolute atomic E-state index is 0.238. The van der Waals surface area contributed by atoms with Crippen LogP contribution in [0.4, 0.5) is 0 Å². The lowest BCUT2D eigenvalue weighted by Crippen LogP contribution is -2.35. The Morgan fingerprint density at radius 3 is 0.870 bits per heavy atom. The monoisotopic (exact) mass is 651 g/mol. The normalized spacial score (nSPS) is 11.3. The van der Waals surface area contributed by atoms with Crippen molar-refractivity contribution in [1.82, 2.24) is 0 Å². The predicted octanol–water partition coefficient (Wildman–Crippen LogP) is 12.8. The van der Waals surface area contributed by atoms with Crippen LogP contribution in [0.3, 0.4) is 0 Å². The molecule has 0 heterocycles. The van der Waals surface area contributed by atoms with Crippen LogP contribution >= 0.6 is 0 Å². The van der Waals surface area contributed by atoms with Crippen LogP contribution < -0.4 is 0 Å². The fourth-order valence-electron chi connectivity index (χ4n) is 6.16. The van der Waals surface area contributed by atoms with Crippen molar-refractivity contribution >= 4 is 17.7 Å². The van der Waals surface area contributed by atoms with Gasteiger partial charge in [0.05, 0.1) is 13.2 Å². The standard InChI is InChI=1S/C41H78O5/c1-4-7-10-13-16-19-22-23-26-29-32-35-38(42)39(40(43)45-36-33-30-27-24-20-17-14-11-8-5-2)41(44)46-37-34-31-28-25-21-18-15-12-9-6-3/h39H,4-37H2,1-3H3. The Morgan fingerprint density at radius 1 is 0.348 bits per heavy atom. The largest absolute Gasteiger partial charge is 0.465 e. The van der Waals surface area contributed by atoms with Crippen molar-refractivity contribution in [3.05, 3.63) is 0 Å². The number of ether oxygens (including phenoxy) is 2. The Bertz CT molecular complexity index is 585. The van der Waals surface area contributed by atoms with Gasteiger partial charge in [0.15, 0.2) is 5.78 Å². The van der Waals surface area contributed by atoms with Crippen LogP contribution in [0.25, 0.3) is 0 Å². The maximum Gasteiger partial charge on any atom is 0.328 e. The SMILES string of the molecule is CCCCCCCCCCCCCC(=O)C(C(=O)OCCCCCCCCCCCC)C(=O)OCCCCCCCCCCCC. The summed E-state index contributed by atoms with van der Waals surface area (Å²) < 4.78 is 10.9. The van der Waals surface area contributed by atoms with E-state index in [-0.39, 0.29) is 25.4 Å². The van der Waals surface area contributed by atoms with Gasteiger partial charge >= 0.3 is 11.9 Å². The van der Waals surface area contributed by atoms with Crippen molar-refractivity contribution in [3.63, 3.8) is 0 Å². The lowest BCUT2D eigenvalue weighted by molar-refractivity contribution is -0.164. The van der Waals surface area contributed by atoms with Gasteiger partial charge in [-0.05, 0) is 19.3 Å². The van der Waals surface area contributed by atoms with Gasteiger partial charge in [0.25, 0.3) is 0 Å². The summed E-state index contributed by atoms with van der Waals surface area (Å²) in [5, 5.41) is 0. The highest BCUT2D eigenvalue weighted by atomic mass is 16.6. The molecule has 5 heteroatoms. The van der Waals surface area contributed by atoms with Crippen molar-refractivity contribution in [3.8, 4) is 0 Å². The van der Waals surface area contributed by atoms with Crippen LogP contribution in [0, 0.1) is 5.92 Å². The van der Waals surface area contributed by atoms with Gasteiger partial charge in [-0.25, -0.2) is 0 Å². The fourth-order valence-corrected chi connectivity index (χ4v) is 6.16. The Morgan fingerprint density at radius 2 is 0.587 bits per heavy atom. The molecule has 0 aromatic rings. The van der Waals surface area contributed by atoms with Crippen molar-refractivity contribution in [1.29, 1.82) is 0 Å². The van der Waals surface area contributed by atoms with Gasteiger partial charge < -0.3 is 9.47 Å². The van der Waals surface area contributed by atoms with E-state index in [1.165, 1.54) is 141 Å². The second-order valence-corrected chi connectivity index (χ2v) is 13.9. The van der Waals surface area contributed by atoms with E-state index in [1.54, 1.807) is 0 Å². The summed E-state index contributed by atoms with van der Waals surface area (Å²) in [5.74, 6) is -3.18. The summed E-state index contributed by atoms with van der Waals surface area (Å²) in [5.41, 5.74) is 0. The molecule has 0 radical (unpaired) electrons. The molecule has 0 spiro atoms. The molecule has 0 N–H and O–H groups in total. The zero-order chi connectivity index (χ0) is 33.8. The summed E-state index contributed by atoms with van der Waals surface area (Å²) >= 11 is 0. The van der Waals surface area contributed by atoms with Crippen LogP contribution in [-0.2, 0) is 23.9 Å². The van der Waals surface area contributed by atoms with Gasteiger partial charge in [0.2, 0.25) is 5.92 Å². The van der Waals surface area contributed by atoms with Crippen LogP contribution in [0.5, 0.6) is 0 Å². The Kier molecular flexibility index (Phi) is 35.3. The summed E-state index contributed by atoms with van der Waals surface area (Å²) in [6.07, 6.45) is 37.3. The molecule has 0 aromatic heterocycles. The lowest BCUT2D eigenvalue weighted by atomic mass is 9.98. The first-order valence-corrected chi connectivity index (χ1v) is 20.4. The van der Waals surface area contributed by atoms with Crippen molar-refractivity contribution in [2.45, 2.75) is 226 Å². The number of carbonyl (C=O) groups is 3. The van der Waals surface area contributed by atoms with E-state index in [0.717, 1.165) is 51.4 Å². The number of rotatable bonds is 37. The van der Waals surface area contributed by atoms with E-state index in [1.807, 2.05) is 0 Å². The maximum atomic E-state index is 13.1. The lowest BCUT2D eigenvalue weighted by Gasteiger charge is -2.15. The second-order valence-electron chi connectivity index (χ2n) is 13.9. The summed E-state index contributed by atoms with van der Waals surface area (Å²) in [6, 6.07) is 0. The minimum Gasteiger partial charge on any atom is -0.465 e. The Hall–Kier alpha value is -1.39. The van der Waals surface area contributed by atoms with E-state index in [4.69, 9.17) is 9.47 Å². The number of hydrogen-bond donors (Lipinski definition) is 0. The van der Waals surface area contributed by atoms with E-state index in [9.17, 15) is 14.4 Å². The van der Waals surface area contributed by atoms with Crippen LogP contribution in [0.2, 0.25) is 0 Å². The summed E-state index contributed by atoms with van der Waals surface area (Å²) in [4.78, 5) is 39.0. The molecule has 0 aliphatic carbocycles. The van der Waals surface area contributed by atoms with Crippen LogP contribution in [0.1, 0.15) is 226 Å². The smallest absolute Gasteiger partial charge is 0.328 e. The Balaban J connectivity index is 4.40. The molecule has 5 nitrogen and oxygen atoms in total. The second kappa shape index (κ2) is 36.4. The highest BCUT2D eigenvalue weighted by Gasteiger charge is 2.36. The van der Waals surface area contributed by atoms with Crippen LogP contribution in [-0.4, -0.2) is 30.9 Å². The van der Waals surface area contributed by atoms with Gasteiger partial charge in [0, 0.05) is 6.42 Å². The maximum absolute atomic E-state index is 13.1. The third-order valence-corrected chi connectivity index (χ3v) is 9.30. The average molecular weight is 651 g/mol. The van der Waals surface area contributed by atoms with Gasteiger partial charge in [-0.1, -0.05) is 201 Å². The van der Waals surface area contributed by atoms with E-state index in [2.05, 4.69) is 20.8 Å². The molecule has 0 rings (SSSR count). The first kappa shape index (κ1) is 44.6. The molecule has 0 aromatic carbocycles. The molecule has 0 unspecified atom stereocenters. The molecule has 46 heavy (non-hydrogen) atoms. The molecule has 0 atom stereocenters. The number of hydrogen-bond acceptors (Lipinski definition) is 5. The highest BCUT2D eigenvalue weighted by Crippen LogP contribution is 2.17. The topological polar surface area (TPSA) is 69.7 Å². The van der Waals surface area contributed by atoms with E-state index >= 15 is 0 Å². The fraction of sp³-hybridized carbons (Fsp3) is 0.927. The predicted molar refractivity (Wildman–Crippen MR) is 195 cm³/mol.